The Bertz CT molecular complexity index is 1140. The summed E-state index contributed by atoms with van der Waals surface area (Å²) in [6, 6.07) is 6.30. The standard InChI is InChI=1S/C24H30F2N6OS/c1-15-11-20(34-30-15)31-12-17-4-5-18(13-31)21(17)27-23-28-22-19(3-2-10-32(22)29-23)33-14-16-6-8-24(25,26)9-7-16/h2-3,10-11,16-18,21H,4-9,12-14H2,1H3,(H,27,29)/t17-,18+,21?. The van der Waals surface area contributed by atoms with Gasteiger partial charge in [0, 0.05) is 38.2 Å². The second-order valence-corrected chi connectivity index (χ2v) is 10.9. The van der Waals surface area contributed by atoms with Gasteiger partial charge in [0.1, 0.15) is 5.00 Å². The van der Waals surface area contributed by atoms with Crippen LogP contribution in [-0.4, -0.2) is 50.6 Å². The minimum Gasteiger partial charge on any atom is -0.489 e. The summed E-state index contributed by atoms with van der Waals surface area (Å²) in [6.07, 6.45) is 5.18. The molecule has 3 aromatic heterocycles. The van der Waals surface area contributed by atoms with Gasteiger partial charge in [0.25, 0.3) is 0 Å². The first kappa shape index (κ1) is 22.0. The van der Waals surface area contributed by atoms with Crippen molar-refractivity contribution in [3.63, 3.8) is 0 Å². The number of nitrogens with zero attached hydrogens (tertiary/aromatic N) is 5. The summed E-state index contributed by atoms with van der Waals surface area (Å²) < 4.78 is 39.1. The highest BCUT2D eigenvalue weighted by Gasteiger charge is 2.43. The number of ether oxygens (including phenoxy) is 1. The molecule has 7 nitrogen and oxygen atoms in total. The Kier molecular flexibility index (Phi) is 5.58. The van der Waals surface area contributed by atoms with Crippen molar-refractivity contribution in [2.45, 2.75) is 57.4 Å². The van der Waals surface area contributed by atoms with Crippen molar-refractivity contribution in [2.24, 2.45) is 17.8 Å². The molecule has 1 N–H and O–H groups in total. The predicted octanol–water partition coefficient (Wildman–Crippen LogP) is 5.03. The van der Waals surface area contributed by atoms with Crippen LogP contribution in [0.2, 0.25) is 0 Å². The lowest BCUT2D eigenvalue weighted by atomic mass is 9.87. The van der Waals surface area contributed by atoms with Gasteiger partial charge in [-0.1, -0.05) is 0 Å². The molecule has 1 aliphatic heterocycles. The van der Waals surface area contributed by atoms with E-state index in [0.29, 0.717) is 54.7 Å². The Labute approximate surface area is 201 Å². The smallest absolute Gasteiger partial charge is 0.248 e. The van der Waals surface area contributed by atoms with Crippen molar-refractivity contribution >= 4 is 28.1 Å². The Morgan fingerprint density at radius 2 is 1.94 bits per heavy atom. The van der Waals surface area contributed by atoms with Crippen molar-refractivity contribution < 1.29 is 13.5 Å². The summed E-state index contributed by atoms with van der Waals surface area (Å²) in [5.41, 5.74) is 1.75. The fourth-order valence-corrected chi connectivity index (χ4v) is 6.59. The molecular weight excluding hydrogens is 458 g/mol. The van der Waals surface area contributed by atoms with Crippen molar-refractivity contribution in [3.05, 3.63) is 30.1 Å². The number of rotatable bonds is 6. The van der Waals surface area contributed by atoms with E-state index in [4.69, 9.17) is 9.72 Å². The van der Waals surface area contributed by atoms with Crippen LogP contribution in [0.4, 0.5) is 19.7 Å². The van der Waals surface area contributed by atoms with Crippen LogP contribution in [-0.2, 0) is 0 Å². The van der Waals surface area contributed by atoms with E-state index in [1.807, 2.05) is 25.3 Å². The molecule has 0 spiro atoms. The number of halogens is 2. The van der Waals surface area contributed by atoms with Crippen LogP contribution in [0.15, 0.2) is 24.4 Å². The molecule has 1 unspecified atom stereocenters. The molecule has 2 bridgehead atoms. The number of aryl methyl sites for hydroxylation is 1. The zero-order chi connectivity index (χ0) is 23.3. The lowest BCUT2D eigenvalue weighted by Crippen LogP contribution is -2.48. The van der Waals surface area contributed by atoms with E-state index in [1.165, 1.54) is 17.8 Å². The van der Waals surface area contributed by atoms with E-state index in [1.54, 1.807) is 16.0 Å². The fourth-order valence-electron chi connectivity index (χ4n) is 5.82. The topological polar surface area (TPSA) is 67.6 Å². The van der Waals surface area contributed by atoms with Crippen LogP contribution < -0.4 is 15.0 Å². The average molecular weight is 489 g/mol. The molecule has 10 heteroatoms. The number of anilines is 2. The monoisotopic (exact) mass is 488 g/mol. The van der Waals surface area contributed by atoms with Gasteiger partial charge in [-0.05, 0) is 80.1 Å². The van der Waals surface area contributed by atoms with Crippen LogP contribution in [0.3, 0.4) is 0 Å². The predicted molar refractivity (Wildman–Crippen MR) is 128 cm³/mol. The number of hydrogen-bond acceptors (Lipinski definition) is 7. The van der Waals surface area contributed by atoms with Crippen molar-refractivity contribution in [1.82, 2.24) is 19.0 Å². The van der Waals surface area contributed by atoms with Gasteiger partial charge in [-0.3, -0.25) is 0 Å². The molecular formula is C24H30F2N6OS. The number of hydrogen-bond donors (Lipinski definition) is 1. The third-order valence-corrected chi connectivity index (χ3v) is 8.64. The molecule has 182 valence electrons. The summed E-state index contributed by atoms with van der Waals surface area (Å²) in [5, 5.41) is 9.55. The van der Waals surface area contributed by atoms with E-state index in [9.17, 15) is 8.78 Å². The third-order valence-electron chi connectivity index (χ3n) is 7.69. The molecule has 0 radical (unpaired) electrons. The largest absolute Gasteiger partial charge is 0.489 e. The SMILES string of the molecule is Cc1cc(N2C[C@H]3CC[C@@H](C2)C3Nc2nc3c(OCC4CCC(F)(F)CC4)cccn3n2)sn1. The second kappa shape index (κ2) is 8.62. The molecule has 0 aromatic carbocycles. The van der Waals surface area contributed by atoms with Crippen LogP contribution in [0, 0.1) is 24.7 Å². The lowest BCUT2D eigenvalue weighted by Gasteiger charge is -2.38. The normalized spacial score (nSPS) is 26.8. The molecule has 2 aliphatic carbocycles. The van der Waals surface area contributed by atoms with Gasteiger partial charge in [-0.2, -0.15) is 9.36 Å². The number of alkyl halides is 2. The Balaban J connectivity index is 1.12. The minimum absolute atomic E-state index is 0.0476. The van der Waals surface area contributed by atoms with Gasteiger partial charge < -0.3 is 15.0 Å². The zero-order valence-electron chi connectivity index (χ0n) is 19.3. The summed E-state index contributed by atoms with van der Waals surface area (Å²) in [6.45, 7) is 4.53. The molecule has 3 aliphatic rings. The van der Waals surface area contributed by atoms with E-state index in [0.717, 1.165) is 18.8 Å². The minimum atomic E-state index is -2.51. The quantitative estimate of drug-likeness (QED) is 0.525. The maximum atomic E-state index is 13.4. The Morgan fingerprint density at radius 1 is 1.18 bits per heavy atom. The molecule has 1 saturated heterocycles. The van der Waals surface area contributed by atoms with Crippen molar-refractivity contribution in [2.75, 3.05) is 29.9 Å². The second-order valence-electron chi connectivity index (χ2n) is 10.2. The van der Waals surface area contributed by atoms with E-state index < -0.39 is 5.92 Å². The fraction of sp³-hybridized carbons (Fsp3) is 0.625. The average Bonchev–Trinajstić information content (AvgIpc) is 3.49. The van der Waals surface area contributed by atoms with E-state index in [2.05, 4.69) is 25.8 Å². The Hall–Kier alpha value is -2.49. The molecule has 3 atom stereocenters. The van der Waals surface area contributed by atoms with Crippen LogP contribution >= 0.6 is 11.5 Å². The first-order valence-electron chi connectivity index (χ1n) is 12.2. The molecule has 2 saturated carbocycles. The molecule has 4 heterocycles. The number of fused-ring (bicyclic) bond motifs is 3. The van der Waals surface area contributed by atoms with Crippen LogP contribution in [0.1, 0.15) is 44.2 Å². The number of pyridine rings is 1. The summed E-state index contributed by atoms with van der Waals surface area (Å²) in [4.78, 5) is 7.23. The van der Waals surface area contributed by atoms with Crippen molar-refractivity contribution in [3.8, 4) is 5.75 Å². The van der Waals surface area contributed by atoms with Crippen LogP contribution in [0.5, 0.6) is 5.75 Å². The van der Waals surface area contributed by atoms with Crippen LogP contribution in [0.25, 0.3) is 5.65 Å². The molecule has 3 aromatic rings. The van der Waals surface area contributed by atoms with Gasteiger partial charge >= 0.3 is 0 Å². The lowest BCUT2D eigenvalue weighted by molar-refractivity contribution is -0.0498. The molecule has 34 heavy (non-hydrogen) atoms. The first-order valence-corrected chi connectivity index (χ1v) is 13.0. The summed E-state index contributed by atoms with van der Waals surface area (Å²) in [7, 11) is 0. The zero-order valence-corrected chi connectivity index (χ0v) is 20.1. The third kappa shape index (κ3) is 4.32. The highest BCUT2D eigenvalue weighted by Crippen LogP contribution is 2.41. The summed E-state index contributed by atoms with van der Waals surface area (Å²) in [5.74, 6) is 0.0136. The summed E-state index contributed by atoms with van der Waals surface area (Å²) >= 11 is 1.59. The van der Waals surface area contributed by atoms with Gasteiger partial charge in [0.15, 0.2) is 11.4 Å². The van der Waals surface area contributed by atoms with E-state index >= 15 is 0 Å². The molecule has 3 fully saturated rings. The molecule has 6 rings (SSSR count). The number of nitrogens with one attached hydrogen (secondary N) is 1. The highest BCUT2D eigenvalue weighted by molar-refractivity contribution is 7.10. The Morgan fingerprint density at radius 3 is 2.65 bits per heavy atom. The van der Waals surface area contributed by atoms with Gasteiger partial charge in [0.2, 0.25) is 11.9 Å². The highest BCUT2D eigenvalue weighted by atomic mass is 32.1. The molecule has 0 amide bonds. The first-order chi connectivity index (χ1) is 16.4. The van der Waals surface area contributed by atoms with Gasteiger partial charge in [0.05, 0.1) is 12.3 Å². The van der Waals surface area contributed by atoms with Crippen molar-refractivity contribution in [1.29, 1.82) is 0 Å². The van der Waals surface area contributed by atoms with E-state index in [-0.39, 0.29) is 18.8 Å². The number of aromatic nitrogens is 4. The van der Waals surface area contributed by atoms with Gasteiger partial charge in [-0.15, -0.1) is 5.10 Å². The van der Waals surface area contributed by atoms with Gasteiger partial charge in [-0.25, -0.2) is 13.3 Å². The maximum absolute atomic E-state index is 13.4. The maximum Gasteiger partial charge on any atom is 0.248 e. The number of piperidine rings is 1.